The molecule has 1 N–H and O–H groups in total. The third kappa shape index (κ3) is 2.71. The van der Waals surface area contributed by atoms with E-state index >= 15 is 0 Å². The molecule has 0 aromatic rings. The molecule has 1 unspecified atom stereocenters. The van der Waals surface area contributed by atoms with Crippen LogP contribution >= 0.6 is 0 Å². The second-order valence-corrected chi connectivity index (χ2v) is 5.47. The highest BCUT2D eigenvalue weighted by atomic mass is 16.5. The van der Waals surface area contributed by atoms with Gasteiger partial charge in [0, 0.05) is 0 Å². The van der Waals surface area contributed by atoms with Gasteiger partial charge in [-0.05, 0) is 65.0 Å². The molecule has 2 fully saturated rings. The molecule has 1 atom stereocenters. The maximum Gasteiger partial charge on any atom is 0.0631 e. The van der Waals surface area contributed by atoms with Crippen molar-refractivity contribution in [3.8, 4) is 0 Å². The lowest BCUT2D eigenvalue weighted by Gasteiger charge is -2.26. The summed E-state index contributed by atoms with van der Waals surface area (Å²) in [5.74, 6) is 0.912. The number of nitrogens with one attached hydrogen (secondary N) is 1. The summed E-state index contributed by atoms with van der Waals surface area (Å²) in [6, 6.07) is 0. The standard InChI is InChI=1S/C12H23NO/c1-12(2)6-3-11(14-12)9-10-4-7-13-8-5-10/h10-11,13H,3-9H2,1-2H3. The van der Waals surface area contributed by atoms with Crippen LogP contribution in [0.1, 0.15) is 46.0 Å². The lowest BCUT2D eigenvalue weighted by molar-refractivity contribution is -0.0260. The molecule has 0 aliphatic carbocycles. The number of hydrogen-bond donors (Lipinski definition) is 1. The van der Waals surface area contributed by atoms with Gasteiger partial charge in [-0.2, -0.15) is 0 Å². The van der Waals surface area contributed by atoms with Crippen molar-refractivity contribution in [1.82, 2.24) is 5.32 Å². The van der Waals surface area contributed by atoms with Crippen LogP contribution in [0.5, 0.6) is 0 Å². The maximum atomic E-state index is 6.03. The van der Waals surface area contributed by atoms with Crippen molar-refractivity contribution in [3.05, 3.63) is 0 Å². The van der Waals surface area contributed by atoms with E-state index in [9.17, 15) is 0 Å². The molecule has 0 aromatic heterocycles. The van der Waals surface area contributed by atoms with E-state index in [2.05, 4.69) is 19.2 Å². The Morgan fingerprint density at radius 3 is 2.50 bits per heavy atom. The number of ether oxygens (including phenoxy) is 1. The van der Waals surface area contributed by atoms with Crippen LogP contribution in [-0.2, 0) is 4.74 Å². The Bertz CT molecular complexity index is 185. The molecule has 0 bridgehead atoms. The van der Waals surface area contributed by atoms with Crippen molar-refractivity contribution >= 4 is 0 Å². The zero-order valence-electron chi connectivity index (χ0n) is 9.51. The van der Waals surface area contributed by atoms with Gasteiger partial charge in [0.05, 0.1) is 11.7 Å². The Labute approximate surface area is 87.4 Å². The number of hydrogen-bond acceptors (Lipinski definition) is 2. The lowest BCUT2D eigenvalue weighted by atomic mass is 9.91. The molecular weight excluding hydrogens is 174 g/mol. The van der Waals surface area contributed by atoms with E-state index in [0.29, 0.717) is 6.10 Å². The smallest absolute Gasteiger partial charge is 0.0631 e. The first-order chi connectivity index (χ1) is 6.66. The van der Waals surface area contributed by atoms with Gasteiger partial charge in [0.15, 0.2) is 0 Å². The molecule has 2 saturated heterocycles. The van der Waals surface area contributed by atoms with Gasteiger partial charge in [-0.1, -0.05) is 0 Å². The Balaban J connectivity index is 1.75. The van der Waals surface area contributed by atoms with Crippen LogP contribution in [0.15, 0.2) is 0 Å². The average molecular weight is 197 g/mol. The quantitative estimate of drug-likeness (QED) is 0.733. The first kappa shape index (κ1) is 10.4. The second kappa shape index (κ2) is 4.19. The predicted molar refractivity (Wildman–Crippen MR) is 58.4 cm³/mol. The molecule has 14 heavy (non-hydrogen) atoms. The monoisotopic (exact) mass is 197 g/mol. The van der Waals surface area contributed by atoms with Crippen molar-refractivity contribution in [2.45, 2.75) is 57.7 Å². The first-order valence-electron chi connectivity index (χ1n) is 6.04. The lowest BCUT2D eigenvalue weighted by Crippen LogP contribution is -2.30. The summed E-state index contributed by atoms with van der Waals surface area (Å²) in [5.41, 5.74) is 0.150. The highest BCUT2D eigenvalue weighted by Gasteiger charge is 2.32. The summed E-state index contributed by atoms with van der Waals surface area (Å²) in [6.07, 6.45) is 7.05. The molecule has 2 rings (SSSR count). The molecule has 0 saturated carbocycles. The fraction of sp³-hybridized carbons (Fsp3) is 1.00. The summed E-state index contributed by atoms with van der Waals surface area (Å²) in [6.45, 7) is 6.85. The van der Waals surface area contributed by atoms with E-state index in [4.69, 9.17) is 4.74 Å². The summed E-state index contributed by atoms with van der Waals surface area (Å²) in [7, 11) is 0. The molecular formula is C12H23NO. The minimum Gasteiger partial charge on any atom is -0.372 e. The number of rotatable bonds is 2. The minimum absolute atomic E-state index is 0.150. The third-order valence-electron chi connectivity index (χ3n) is 3.61. The molecule has 2 nitrogen and oxygen atoms in total. The largest absolute Gasteiger partial charge is 0.372 e. The minimum atomic E-state index is 0.150. The highest BCUT2D eigenvalue weighted by Crippen LogP contribution is 2.33. The highest BCUT2D eigenvalue weighted by molar-refractivity contribution is 4.83. The molecule has 2 aliphatic rings. The zero-order valence-corrected chi connectivity index (χ0v) is 9.51. The fourth-order valence-electron chi connectivity index (χ4n) is 2.73. The van der Waals surface area contributed by atoms with Crippen LogP contribution in [0, 0.1) is 5.92 Å². The van der Waals surface area contributed by atoms with Crippen LogP contribution in [0.2, 0.25) is 0 Å². The van der Waals surface area contributed by atoms with Crippen molar-refractivity contribution in [2.24, 2.45) is 5.92 Å². The van der Waals surface area contributed by atoms with Gasteiger partial charge in [0.25, 0.3) is 0 Å². The molecule has 2 aliphatic heterocycles. The number of piperidine rings is 1. The molecule has 2 heterocycles. The molecule has 0 aromatic carbocycles. The molecule has 0 radical (unpaired) electrons. The van der Waals surface area contributed by atoms with Gasteiger partial charge in [-0.25, -0.2) is 0 Å². The first-order valence-corrected chi connectivity index (χ1v) is 6.04. The van der Waals surface area contributed by atoms with Crippen molar-refractivity contribution in [3.63, 3.8) is 0 Å². The maximum absolute atomic E-state index is 6.03. The van der Waals surface area contributed by atoms with E-state index < -0.39 is 0 Å². The Hall–Kier alpha value is -0.0800. The molecule has 0 amide bonds. The van der Waals surface area contributed by atoms with Gasteiger partial charge in [0.2, 0.25) is 0 Å². The van der Waals surface area contributed by atoms with Gasteiger partial charge in [-0.3, -0.25) is 0 Å². The fourth-order valence-corrected chi connectivity index (χ4v) is 2.73. The Kier molecular flexibility index (Phi) is 3.13. The van der Waals surface area contributed by atoms with E-state index in [1.54, 1.807) is 0 Å². The predicted octanol–water partition coefficient (Wildman–Crippen LogP) is 2.33. The normalized spacial score (nSPS) is 33.4. The molecule has 2 heteroatoms. The van der Waals surface area contributed by atoms with Crippen LogP contribution in [0.25, 0.3) is 0 Å². The van der Waals surface area contributed by atoms with E-state index in [-0.39, 0.29) is 5.60 Å². The SMILES string of the molecule is CC1(C)CCC(CC2CCNCC2)O1. The second-order valence-electron chi connectivity index (χ2n) is 5.47. The van der Waals surface area contributed by atoms with Crippen LogP contribution in [-0.4, -0.2) is 24.8 Å². The van der Waals surface area contributed by atoms with E-state index in [1.165, 1.54) is 45.2 Å². The summed E-state index contributed by atoms with van der Waals surface area (Å²) < 4.78 is 6.03. The van der Waals surface area contributed by atoms with Crippen molar-refractivity contribution in [1.29, 1.82) is 0 Å². The third-order valence-corrected chi connectivity index (χ3v) is 3.61. The van der Waals surface area contributed by atoms with Crippen LogP contribution in [0.4, 0.5) is 0 Å². The van der Waals surface area contributed by atoms with Crippen LogP contribution in [0.3, 0.4) is 0 Å². The Morgan fingerprint density at radius 2 is 1.93 bits per heavy atom. The van der Waals surface area contributed by atoms with E-state index in [0.717, 1.165) is 5.92 Å². The van der Waals surface area contributed by atoms with Gasteiger partial charge in [-0.15, -0.1) is 0 Å². The summed E-state index contributed by atoms with van der Waals surface area (Å²) >= 11 is 0. The van der Waals surface area contributed by atoms with Gasteiger partial charge < -0.3 is 10.1 Å². The zero-order chi connectivity index (χ0) is 10.0. The van der Waals surface area contributed by atoms with Crippen molar-refractivity contribution in [2.75, 3.05) is 13.1 Å². The van der Waals surface area contributed by atoms with Crippen LogP contribution < -0.4 is 5.32 Å². The topological polar surface area (TPSA) is 21.3 Å². The summed E-state index contributed by atoms with van der Waals surface area (Å²) in [5, 5.41) is 3.42. The molecule has 82 valence electrons. The Morgan fingerprint density at radius 1 is 1.21 bits per heavy atom. The molecule has 0 spiro atoms. The van der Waals surface area contributed by atoms with E-state index in [1.807, 2.05) is 0 Å². The van der Waals surface area contributed by atoms with Crippen molar-refractivity contribution < 1.29 is 4.74 Å². The van der Waals surface area contributed by atoms with Gasteiger partial charge >= 0.3 is 0 Å². The average Bonchev–Trinajstić information content (AvgIpc) is 2.47. The summed E-state index contributed by atoms with van der Waals surface area (Å²) in [4.78, 5) is 0. The van der Waals surface area contributed by atoms with Gasteiger partial charge in [0.1, 0.15) is 0 Å².